The van der Waals surface area contributed by atoms with Crippen LogP contribution >= 0.6 is 0 Å². The molecule has 1 atom stereocenters. The maximum Gasteiger partial charge on any atom is 0.127 e. The number of aliphatic hydroxyl groups is 1. The van der Waals surface area contributed by atoms with Crippen molar-refractivity contribution in [3.05, 3.63) is 54.6 Å². The summed E-state index contributed by atoms with van der Waals surface area (Å²) in [5, 5.41) is 10.1. The third kappa shape index (κ3) is 5.23. The molecule has 1 aliphatic rings. The number of β-amino-alcohol motifs (C(OH)–C–C–N with tert-alkyl or cyclic N) is 1. The third-order valence-corrected chi connectivity index (χ3v) is 3.82. The van der Waals surface area contributed by atoms with Gasteiger partial charge in [-0.05, 0) is 36.4 Å². The highest BCUT2D eigenvalue weighted by atomic mass is 16.5. The van der Waals surface area contributed by atoms with Gasteiger partial charge in [-0.3, -0.25) is 4.90 Å². The van der Waals surface area contributed by atoms with Gasteiger partial charge in [-0.1, -0.05) is 18.2 Å². The Hall–Kier alpha value is -2.08. The molecule has 0 aliphatic carbocycles. The lowest BCUT2D eigenvalue weighted by atomic mass is 10.3. The molecule has 1 fully saturated rings. The number of para-hydroxylation sites is 1. The Balaban J connectivity index is 1.44. The molecule has 0 amide bonds. The number of ether oxygens (including phenoxy) is 3. The second-order valence-corrected chi connectivity index (χ2v) is 5.76. The zero-order chi connectivity index (χ0) is 16.6. The lowest BCUT2D eigenvalue weighted by Crippen LogP contribution is -2.42. The molecular formula is C19H23NO4. The van der Waals surface area contributed by atoms with E-state index in [0.717, 1.165) is 43.6 Å². The van der Waals surface area contributed by atoms with Gasteiger partial charge in [0.15, 0.2) is 0 Å². The summed E-state index contributed by atoms with van der Waals surface area (Å²) in [7, 11) is 0. The highest BCUT2D eigenvalue weighted by molar-refractivity contribution is 5.35. The largest absolute Gasteiger partial charge is 0.491 e. The van der Waals surface area contributed by atoms with E-state index in [2.05, 4.69) is 4.90 Å². The minimum atomic E-state index is -0.511. The zero-order valence-corrected chi connectivity index (χ0v) is 13.6. The maximum absolute atomic E-state index is 10.1. The zero-order valence-electron chi connectivity index (χ0n) is 13.6. The summed E-state index contributed by atoms with van der Waals surface area (Å²) in [6.07, 6.45) is -0.511. The average Bonchev–Trinajstić information content (AvgIpc) is 2.63. The van der Waals surface area contributed by atoms with E-state index < -0.39 is 6.10 Å². The van der Waals surface area contributed by atoms with Crippen LogP contribution in [0, 0.1) is 0 Å². The maximum atomic E-state index is 10.1. The smallest absolute Gasteiger partial charge is 0.127 e. The molecule has 24 heavy (non-hydrogen) atoms. The van der Waals surface area contributed by atoms with E-state index in [1.807, 2.05) is 54.6 Å². The van der Waals surface area contributed by atoms with Crippen LogP contribution in [0.4, 0.5) is 0 Å². The quantitative estimate of drug-likeness (QED) is 0.846. The number of nitrogens with zero attached hydrogens (tertiary/aromatic N) is 1. The van der Waals surface area contributed by atoms with Crippen molar-refractivity contribution in [2.24, 2.45) is 0 Å². The van der Waals surface area contributed by atoms with E-state index in [1.165, 1.54) is 0 Å². The van der Waals surface area contributed by atoms with Crippen LogP contribution in [0.5, 0.6) is 17.2 Å². The van der Waals surface area contributed by atoms with Gasteiger partial charge in [-0.15, -0.1) is 0 Å². The molecule has 1 aliphatic heterocycles. The predicted octanol–water partition coefficient (Wildman–Crippen LogP) is 2.55. The number of benzene rings is 2. The van der Waals surface area contributed by atoms with Crippen LogP contribution in [0.3, 0.4) is 0 Å². The minimum absolute atomic E-state index is 0.274. The summed E-state index contributed by atoms with van der Waals surface area (Å²) >= 11 is 0. The predicted molar refractivity (Wildman–Crippen MR) is 91.7 cm³/mol. The number of aliphatic hydroxyl groups excluding tert-OH is 1. The molecule has 1 N–H and O–H groups in total. The molecule has 0 spiro atoms. The molecule has 3 rings (SSSR count). The van der Waals surface area contributed by atoms with E-state index in [4.69, 9.17) is 14.2 Å². The summed E-state index contributed by atoms with van der Waals surface area (Å²) in [5.41, 5.74) is 0. The van der Waals surface area contributed by atoms with Crippen LogP contribution in [0.15, 0.2) is 54.6 Å². The third-order valence-electron chi connectivity index (χ3n) is 3.82. The Morgan fingerprint density at radius 2 is 1.54 bits per heavy atom. The summed E-state index contributed by atoms with van der Waals surface area (Å²) in [4.78, 5) is 2.19. The van der Waals surface area contributed by atoms with Crippen molar-refractivity contribution in [3.63, 3.8) is 0 Å². The second kappa shape index (κ2) is 8.68. The SMILES string of the molecule is OC(COc1ccc(Oc2ccccc2)cc1)CN1CCOCC1. The Morgan fingerprint density at radius 3 is 2.25 bits per heavy atom. The first-order valence-corrected chi connectivity index (χ1v) is 8.23. The molecule has 0 saturated carbocycles. The highest BCUT2D eigenvalue weighted by Crippen LogP contribution is 2.23. The van der Waals surface area contributed by atoms with E-state index in [9.17, 15) is 5.11 Å². The van der Waals surface area contributed by atoms with Crippen molar-refractivity contribution >= 4 is 0 Å². The normalized spacial score (nSPS) is 16.5. The van der Waals surface area contributed by atoms with Crippen molar-refractivity contribution < 1.29 is 19.3 Å². The molecule has 1 unspecified atom stereocenters. The number of hydrogen-bond acceptors (Lipinski definition) is 5. The monoisotopic (exact) mass is 329 g/mol. The molecular weight excluding hydrogens is 306 g/mol. The first kappa shape index (κ1) is 16.8. The molecule has 128 valence electrons. The van der Waals surface area contributed by atoms with Gasteiger partial charge in [0.1, 0.15) is 30.0 Å². The van der Waals surface area contributed by atoms with E-state index in [1.54, 1.807) is 0 Å². The van der Waals surface area contributed by atoms with Gasteiger partial charge >= 0.3 is 0 Å². The van der Waals surface area contributed by atoms with Crippen LogP contribution in [-0.4, -0.2) is 55.6 Å². The van der Waals surface area contributed by atoms with Gasteiger partial charge in [-0.25, -0.2) is 0 Å². The molecule has 1 saturated heterocycles. The van der Waals surface area contributed by atoms with Crippen molar-refractivity contribution in [3.8, 4) is 17.2 Å². The van der Waals surface area contributed by atoms with Gasteiger partial charge < -0.3 is 19.3 Å². The van der Waals surface area contributed by atoms with Gasteiger partial charge in [0.2, 0.25) is 0 Å². The first-order valence-electron chi connectivity index (χ1n) is 8.23. The molecule has 0 radical (unpaired) electrons. The van der Waals surface area contributed by atoms with Crippen molar-refractivity contribution in [2.75, 3.05) is 39.5 Å². The van der Waals surface area contributed by atoms with Crippen LogP contribution in [0.1, 0.15) is 0 Å². The second-order valence-electron chi connectivity index (χ2n) is 5.76. The van der Waals surface area contributed by atoms with Gasteiger partial charge in [-0.2, -0.15) is 0 Å². The molecule has 2 aromatic carbocycles. The highest BCUT2D eigenvalue weighted by Gasteiger charge is 2.15. The fourth-order valence-electron chi connectivity index (χ4n) is 2.56. The molecule has 5 heteroatoms. The summed E-state index contributed by atoms with van der Waals surface area (Å²) in [5.74, 6) is 2.27. The summed E-state index contributed by atoms with van der Waals surface area (Å²) in [6.45, 7) is 4.08. The molecule has 1 heterocycles. The first-order chi connectivity index (χ1) is 11.8. The Morgan fingerprint density at radius 1 is 0.917 bits per heavy atom. The van der Waals surface area contributed by atoms with Crippen LogP contribution in [0.2, 0.25) is 0 Å². The van der Waals surface area contributed by atoms with E-state index >= 15 is 0 Å². The minimum Gasteiger partial charge on any atom is -0.491 e. The topological polar surface area (TPSA) is 51.2 Å². The number of morpholine rings is 1. The van der Waals surface area contributed by atoms with Crippen molar-refractivity contribution in [2.45, 2.75) is 6.10 Å². The Labute approximate surface area is 142 Å². The molecule has 2 aromatic rings. The Kier molecular flexibility index (Phi) is 6.07. The van der Waals surface area contributed by atoms with Crippen LogP contribution in [-0.2, 0) is 4.74 Å². The van der Waals surface area contributed by atoms with Crippen LogP contribution in [0.25, 0.3) is 0 Å². The van der Waals surface area contributed by atoms with Gasteiger partial charge in [0.05, 0.1) is 13.2 Å². The van der Waals surface area contributed by atoms with Crippen molar-refractivity contribution in [1.82, 2.24) is 4.90 Å². The number of rotatable bonds is 7. The molecule has 0 aromatic heterocycles. The van der Waals surface area contributed by atoms with Crippen LogP contribution < -0.4 is 9.47 Å². The fourth-order valence-corrected chi connectivity index (χ4v) is 2.56. The summed E-state index contributed by atoms with van der Waals surface area (Å²) in [6, 6.07) is 17.0. The van der Waals surface area contributed by atoms with E-state index in [-0.39, 0.29) is 6.61 Å². The van der Waals surface area contributed by atoms with Gasteiger partial charge in [0, 0.05) is 19.6 Å². The number of hydrogen-bond donors (Lipinski definition) is 1. The van der Waals surface area contributed by atoms with Crippen molar-refractivity contribution in [1.29, 1.82) is 0 Å². The van der Waals surface area contributed by atoms with Gasteiger partial charge in [0.25, 0.3) is 0 Å². The average molecular weight is 329 g/mol. The Bertz CT molecular complexity index is 597. The molecule has 5 nitrogen and oxygen atoms in total. The van der Waals surface area contributed by atoms with E-state index in [0.29, 0.717) is 6.54 Å². The standard InChI is InChI=1S/C19H23NO4/c21-16(14-20-10-12-22-13-11-20)15-23-17-6-8-19(9-7-17)24-18-4-2-1-3-5-18/h1-9,16,21H,10-15H2. The lowest BCUT2D eigenvalue weighted by Gasteiger charge is -2.28. The lowest BCUT2D eigenvalue weighted by molar-refractivity contribution is 0.00465. The fraction of sp³-hybridized carbons (Fsp3) is 0.368. The molecule has 0 bridgehead atoms. The summed E-state index contributed by atoms with van der Waals surface area (Å²) < 4.78 is 16.7.